The second kappa shape index (κ2) is 6.49. The topological polar surface area (TPSA) is 105 Å². The number of benzene rings is 1. The van der Waals surface area contributed by atoms with Crippen LogP contribution >= 0.6 is 0 Å². The molecule has 0 aliphatic heterocycles. The van der Waals surface area contributed by atoms with Crippen LogP contribution in [0.2, 0.25) is 0 Å². The number of nitrogens with zero attached hydrogens (tertiary/aromatic N) is 2. The zero-order valence-corrected chi connectivity index (χ0v) is 12.3. The number of hydrogen-bond donors (Lipinski definition) is 2. The quantitative estimate of drug-likeness (QED) is 0.834. The predicted octanol–water partition coefficient (Wildman–Crippen LogP) is 1.19. The number of carbonyl (C=O) groups is 1. The van der Waals surface area contributed by atoms with Gasteiger partial charge in [-0.05, 0) is 17.9 Å². The van der Waals surface area contributed by atoms with Gasteiger partial charge >= 0.3 is 0 Å². The van der Waals surface area contributed by atoms with Crippen molar-refractivity contribution in [3.63, 3.8) is 0 Å². The molecule has 0 radical (unpaired) electrons. The Morgan fingerprint density at radius 2 is 2.05 bits per heavy atom. The van der Waals surface area contributed by atoms with Crippen molar-refractivity contribution in [2.75, 3.05) is 0 Å². The molecule has 8 heteroatoms. The van der Waals surface area contributed by atoms with E-state index in [2.05, 4.69) is 15.4 Å². The van der Waals surface area contributed by atoms with Gasteiger partial charge in [0.1, 0.15) is 0 Å². The summed E-state index contributed by atoms with van der Waals surface area (Å²) >= 11 is 0. The molecule has 1 atom stereocenters. The van der Waals surface area contributed by atoms with Crippen molar-refractivity contribution < 1.29 is 13.2 Å². The number of nitrogens with one attached hydrogen (secondary N) is 2. The van der Waals surface area contributed by atoms with E-state index in [4.69, 9.17) is 0 Å². The lowest BCUT2D eigenvalue weighted by Gasteiger charge is -2.14. The zero-order chi connectivity index (χ0) is 15.3. The fraction of sp³-hybridized carbons (Fsp3) is 0.308. The summed E-state index contributed by atoms with van der Waals surface area (Å²) in [6.45, 7) is 1.96. The van der Waals surface area contributed by atoms with Gasteiger partial charge in [-0.15, -0.1) is 5.10 Å². The van der Waals surface area contributed by atoms with E-state index in [1.807, 2.05) is 42.0 Å². The highest BCUT2D eigenvalue weighted by Gasteiger charge is 2.22. The molecule has 0 aliphatic rings. The number of rotatable bonds is 6. The third-order valence-electron chi connectivity index (χ3n) is 3.11. The molecule has 0 bridgehead atoms. The molecule has 1 aromatic carbocycles. The van der Waals surface area contributed by atoms with Gasteiger partial charge in [-0.2, -0.15) is 18.7 Å². The third kappa shape index (κ3) is 3.88. The van der Waals surface area contributed by atoms with Gasteiger partial charge < -0.3 is 0 Å². The van der Waals surface area contributed by atoms with Gasteiger partial charge in [0.2, 0.25) is 10.9 Å². The van der Waals surface area contributed by atoms with Crippen molar-refractivity contribution in [1.82, 2.24) is 20.1 Å². The molecule has 1 heterocycles. The van der Waals surface area contributed by atoms with Crippen molar-refractivity contribution in [3.05, 3.63) is 42.1 Å². The van der Waals surface area contributed by atoms with Crippen molar-refractivity contribution in [1.29, 1.82) is 0 Å². The van der Waals surface area contributed by atoms with Crippen molar-refractivity contribution in [3.8, 4) is 0 Å². The molecule has 7 nitrogen and oxygen atoms in total. The van der Waals surface area contributed by atoms with Gasteiger partial charge in [0.05, 0.1) is 6.20 Å². The van der Waals surface area contributed by atoms with E-state index in [9.17, 15) is 13.2 Å². The lowest BCUT2D eigenvalue weighted by atomic mass is 9.93. The van der Waals surface area contributed by atoms with E-state index < -0.39 is 15.9 Å². The van der Waals surface area contributed by atoms with E-state index >= 15 is 0 Å². The Morgan fingerprint density at radius 1 is 1.33 bits per heavy atom. The number of aromatic nitrogens is 3. The van der Waals surface area contributed by atoms with Crippen LogP contribution in [0.3, 0.4) is 0 Å². The zero-order valence-electron chi connectivity index (χ0n) is 11.5. The third-order valence-corrected chi connectivity index (χ3v) is 4.36. The van der Waals surface area contributed by atoms with Gasteiger partial charge in [-0.3, -0.25) is 4.79 Å². The standard InChI is InChI=1S/C13H16N4O3S/c1-2-10(11-6-4-3-5-7-11)8-12(18)16-21(19,20)13-9-14-17-15-13/h3-7,9-10H,2,8H2,1H3,(H,16,18)(H,14,15,17)/t10-/m1/s1. The summed E-state index contributed by atoms with van der Waals surface area (Å²) in [4.78, 5) is 11.9. The molecule has 2 N–H and O–H groups in total. The van der Waals surface area contributed by atoms with Crippen LogP contribution in [0.15, 0.2) is 41.6 Å². The fourth-order valence-corrected chi connectivity index (χ4v) is 2.85. The highest BCUT2D eigenvalue weighted by atomic mass is 32.2. The van der Waals surface area contributed by atoms with Crippen LogP contribution in [0.25, 0.3) is 0 Å². The summed E-state index contributed by atoms with van der Waals surface area (Å²) < 4.78 is 25.7. The molecule has 1 aromatic heterocycles. The Bertz CT molecular complexity index is 683. The van der Waals surface area contributed by atoms with E-state index in [0.717, 1.165) is 18.2 Å². The molecule has 21 heavy (non-hydrogen) atoms. The van der Waals surface area contributed by atoms with Crippen molar-refractivity contribution >= 4 is 15.9 Å². The monoisotopic (exact) mass is 308 g/mol. The molecular weight excluding hydrogens is 292 g/mol. The maximum absolute atomic E-state index is 11.9. The Hall–Kier alpha value is -2.22. The first kappa shape index (κ1) is 15.2. The SMILES string of the molecule is CC[C@H](CC(=O)NS(=O)(=O)c1cn[nH]n1)c1ccccc1. The normalized spacial score (nSPS) is 12.8. The molecule has 0 fully saturated rings. The van der Waals surface area contributed by atoms with Crippen LogP contribution in [0, 0.1) is 0 Å². The first-order valence-electron chi connectivity index (χ1n) is 6.49. The van der Waals surface area contributed by atoms with Crippen LogP contribution < -0.4 is 4.72 Å². The molecule has 2 rings (SSSR count). The summed E-state index contributed by atoms with van der Waals surface area (Å²) in [5.74, 6) is -0.590. The molecular formula is C13H16N4O3S. The lowest BCUT2D eigenvalue weighted by Crippen LogP contribution is -2.31. The number of carbonyl (C=O) groups excluding carboxylic acids is 1. The van der Waals surface area contributed by atoms with E-state index in [1.165, 1.54) is 0 Å². The minimum atomic E-state index is -3.96. The van der Waals surface area contributed by atoms with Gasteiger partial charge in [0, 0.05) is 6.42 Å². The van der Waals surface area contributed by atoms with E-state index in [-0.39, 0.29) is 17.4 Å². The van der Waals surface area contributed by atoms with Crippen LogP contribution in [-0.4, -0.2) is 29.7 Å². The molecule has 0 saturated carbocycles. The van der Waals surface area contributed by atoms with Crippen LogP contribution in [0.5, 0.6) is 0 Å². The smallest absolute Gasteiger partial charge is 0.274 e. The van der Waals surface area contributed by atoms with Crippen LogP contribution in [0.4, 0.5) is 0 Å². The first-order valence-corrected chi connectivity index (χ1v) is 7.97. The van der Waals surface area contributed by atoms with Gasteiger partial charge in [0.15, 0.2) is 0 Å². The second-order valence-electron chi connectivity index (χ2n) is 4.56. The molecule has 2 aromatic rings. The van der Waals surface area contributed by atoms with Gasteiger partial charge in [-0.1, -0.05) is 37.3 Å². The Labute approximate surface area is 122 Å². The Balaban J connectivity index is 2.04. The predicted molar refractivity (Wildman–Crippen MR) is 75.8 cm³/mol. The van der Waals surface area contributed by atoms with E-state index in [1.54, 1.807) is 0 Å². The average Bonchev–Trinajstić information content (AvgIpc) is 3.00. The molecule has 0 aliphatic carbocycles. The molecule has 0 unspecified atom stereocenters. The summed E-state index contributed by atoms with van der Waals surface area (Å²) in [6, 6.07) is 9.52. The van der Waals surface area contributed by atoms with Crippen molar-refractivity contribution in [2.24, 2.45) is 0 Å². The summed E-state index contributed by atoms with van der Waals surface area (Å²) in [6.07, 6.45) is 1.88. The van der Waals surface area contributed by atoms with Crippen LogP contribution in [-0.2, 0) is 14.8 Å². The molecule has 112 valence electrons. The molecule has 0 spiro atoms. The number of amides is 1. The lowest BCUT2D eigenvalue weighted by molar-refractivity contribution is -0.119. The Kier molecular flexibility index (Phi) is 4.69. The minimum Gasteiger partial charge on any atom is -0.274 e. The average molecular weight is 308 g/mol. The summed E-state index contributed by atoms with van der Waals surface area (Å²) in [7, 11) is -3.96. The molecule has 1 amide bonds. The summed E-state index contributed by atoms with van der Waals surface area (Å²) in [5, 5.41) is 8.77. The van der Waals surface area contributed by atoms with Crippen LogP contribution in [0.1, 0.15) is 31.2 Å². The van der Waals surface area contributed by atoms with Crippen molar-refractivity contribution in [2.45, 2.75) is 30.7 Å². The van der Waals surface area contributed by atoms with Gasteiger partial charge in [-0.25, -0.2) is 4.72 Å². The fourth-order valence-electron chi connectivity index (χ4n) is 2.01. The number of sulfonamides is 1. The number of H-pyrrole nitrogens is 1. The number of hydrogen-bond acceptors (Lipinski definition) is 5. The highest BCUT2D eigenvalue weighted by Crippen LogP contribution is 2.22. The molecule has 0 saturated heterocycles. The maximum Gasteiger partial charge on any atom is 0.285 e. The number of aromatic amines is 1. The Morgan fingerprint density at radius 3 is 2.62 bits per heavy atom. The first-order chi connectivity index (χ1) is 10.0. The summed E-state index contributed by atoms with van der Waals surface area (Å²) in [5.41, 5.74) is 1.01. The second-order valence-corrected chi connectivity index (χ2v) is 6.19. The highest BCUT2D eigenvalue weighted by molar-refractivity contribution is 7.90. The largest absolute Gasteiger partial charge is 0.285 e. The van der Waals surface area contributed by atoms with Gasteiger partial charge in [0.25, 0.3) is 10.0 Å². The van der Waals surface area contributed by atoms with E-state index in [0.29, 0.717) is 0 Å². The minimum absolute atomic E-state index is 0.0290. The maximum atomic E-state index is 11.9.